The van der Waals surface area contributed by atoms with E-state index in [4.69, 9.17) is 21.1 Å². The molecule has 2 aromatic rings. The van der Waals surface area contributed by atoms with Crippen molar-refractivity contribution in [2.75, 3.05) is 6.79 Å². The molecule has 0 aromatic heterocycles. The van der Waals surface area contributed by atoms with E-state index in [-0.39, 0.29) is 19.1 Å². The highest BCUT2D eigenvalue weighted by molar-refractivity contribution is 6.30. The lowest BCUT2D eigenvalue weighted by atomic mass is 10.1. The summed E-state index contributed by atoms with van der Waals surface area (Å²) in [6.45, 7) is 0.682. The molecular formula is C16H14ClNO3. The number of nitrogens with one attached hydrogen (secondary N) is 1. The zero-order valence-electron chi connectivity index (χ0n) is 11.3. The minimum atomic E-state index is -0.0612. The van der Waals surface area contributed by atoms with Crippen LogP contribution in [0.1, 0.15) is 11.1 Å². The molecule has 0 radical (unpaired) electrons. The highest BCUT2D eigenvalue weighted by Crippen LogP contribution is 2.35. The van der Waals surface area contributed by atoms with E-state index < -0.39 is 0 Å². The van der Waals surface area contributed by atoms with E-state index in [1.807, 2.05) is 30.3 Å². The van der Waals surface area contributed by atoms with Crippen molar-refractivity contribution in [1.29, 1.82) is 0 Å². The molecule has 2 aromatic carbocycles. The molecule has 0 fully saturated rings. The third kappa shape index (κ3) is 3.28. The van der Waals surface area contributed by atoms with Gasteiger partial charge in [0, 0.05) is 17.1 Å². The smallest absolute Gasteiger partial charge is 0.231 e. The molecule has 1 amide bonds. The van der Waals surface area contributed by atoms with Gasteiger partial charge in [-0.1, -0.05) is 35.9 Å². The number of carbonyl (C=O) groups excluding carboxylic acids is 1. The van der Waals surface area contributed by atoms with Crippen LogP contribution in [-0.2, 0) is 17.8 Å². The Morgan fingerprint density at radius 2 is 1.95 bits per heavy atom. The molecule has 5 heteroatoms. The molecule has 0 saturated carbocycles. The molecule has 0 saturated heterocycles. The maximum absolute atomic E-state index is 12.0. The monoisotopic (exact) mass is 303 g/mol. The molecule has 1 aliphatic rings. The van der Waals surface area contributed by atoms with Crippen molar-refractivity contribution in [1.82, 2.24) is 5.32 Å². The first-order valence-corrected chi connectivity index (χ1v) is 6.99. The molecule has 1 N–H and O–H groups in total. The first-order chi connectivity index (χ1) is 10.2. The Bertz CT molecular complexity index is 655. The molecule has 0 unspecified atom stereocenters. The Morgan fingerprint density at radius 3 is 2.76 bits per heavy atom. The Morgan fingerprint density at radius 1 is 1.14 bits per heavy atom. The lowest BCUT2D eigenvalue weighted by Gasteiger charge is -2.07. The summed E-state index contributed by atoms with van der Waals surface area (Å²) in [6, 6.07) is 12.9. The minimum absolute atomic E-state index is 0.0612. The van der Waals surface area contributed by atoms with E-state index in [0.29, 0.717) is 23.1 Å². The number of fused-ring (bicyclic) bond motifs is 1. The average molecular weight is 304 g/mol. The van der Waals surface area contributed by atoms with Gasteiger partial charge in [-0.05, 0) is 23.8 Å². The Kier molecular flexibility index (Phi) is 3.97. The van der Waals surface area contributed by atoms with E-state index in [1.165, 1.54) is 0 Å². The van der Waals surface area contributed by atoms with Crippen LogP contribution in [0.2, 0.25) is 5.02 Å². The maximum atomic E-state index is 12.0. The number of ether oxygens (including phenoxy) is 2. The van der Waals surface area contributed by atoms with Gasteiger partial charge in [0.05, 0.1) is 6.42 Å². The van der Waals surface area contributed by atoms with Crippen LogP contribution in [0.5, 0.6) is 11.5 Å². The number of benzene rings is 2. The number of para-hydroxylation sites is 1. The number of hydrogen-bond donors (Lipinski definition) is 1. The van der Waals surface area contributed by atoms with Gasteiger partial charge in [-0.15, -0.1) is 0 Å². The molecule has 0 atom stereocenters. The molecule has 0 spiro atoms. The summed E-state index contributed by atoms with van der Waals surface area (Å²) in [7, 11) is 0. The summed E-state index contributed by atoms with van der Waals surface area (Å²) in [5.74, 6) is 1.30. The second-order valence-corrected chi connectivity index (χ2v) is 5.17. The Labute approximate surface area is 127 Å². The van der Waals surface area contributed by atoms with Gasteiger partial charge >= 0.3 is 0 Å². The summed E-state index contributed by atoms with van der Waals surface area (Å²) < 4.78 is 10.7. The van der Waals surface area contributed by atoms with E-state index in [9.17, 15) is 4.79 Å². The standard InChI is InChI=1S/C16H14ClNO3/c17-13-6-4-11(5-7-13)9-18-15(19)8-12-2-1-3-14-16(12)21-10-20-14/h1-7H,8-10H2,(H,18,19). The normalized spacial score (nSPS) is 12.2. The molecule has 3 rings (SSSR count). The van der Waals surface area contributed by atoms with Crippen LogP contribution in [-0.4, -0.2) is 12.7 Å². The first-order valence-electron chi connectivity index (χ1n) is 6.61. The minimum Gasteiger partial charge on any atom is -0.454 e. The summed E-state index contributed by atoms with van der Waals surface area (Å²) in [4.78, 5) is 12.0. The zero-order valence-corrected chi connectivity index (χ0v) is 12.0. The van der Waals surface area contributed by atoms with Crippen LogP contribution in [0, 0.1) is 0 Å². The molecule has 0 aliphatic carbocycles. The van der Waals surface area contributed by atoms with Crippen LogP contribution in [0.25, 0.3) is 0 Å². The van der Waals surface area contributed by atoms with Crippen molar-refractivity contribution >= 4 is 17.5 Å². The lowest BCUT2D eigenvalue weighted by molar-refractivity contribution is -0.120. The number of amides is 1. The van der Waals surface area contributed by atoms with Crippen molar-refractivity contribution in [3.8, 4) is 11.5 Å². The third-order valence-electron chi connectivity index (χ3n) is 3.23. The largest absolute Gasteiger partial charge is 0.454 e. The second kappa shape index (κ2) is 6.06. The van der Waals surface area contributed by atoms with Crippen molar-refractivity contribution in [3.63, 3.8) is 0 Å². The second-order valence-electron chi connectivity index (χ2n) is 4.73. The molecule has 1 aliphatic heterocycles. The molecule has 1 heterocycles. The van der Waals surface area contributed by atoms with Gasteiger partial charge in [-0.2, -0.15) is 0 Å². The lowest BCUT2D eigenvalue weighted by Crippen LogP contribution is -2.24. The summed E-state index contributed by atoms with van der Waals surface area (Å²) in [6.07, 6.45) is 0.264. The van der Waals surface area contributed by atoms with Gasteiger partial charge < -0.3 is 14.8 Å². The van der Waals surface area contributed by atoms with Gasteiger partial charge in [-0.25, -0.2) is 0 Å². The van der Waals surface area contributed by atoms with E-state index >= 15 is 0 Å². The topological polar surface area (TPSA) is 47.6 Å². The van der Waals surface area contributed by atoms with Gasteiger partial charge in [-0.3, -0.25) is 4.79 Å². The van der Waals surface area contributed by atoms with E-state index in [1.54, 1.807) is 12.1 Å². The van der Waals surface area contributed by atoms with Gasteiger partial charge in [0.25, 0.3) is 0 Å². The predicted molar refractivity (Wildman–Crippen MR) is 79.6 cm³/mol. The van der Waals surface area contributed by atoms with Crippen LogP contribution < -0.4 is 14.8 Å². The van der Waals surface area contributed by atoms with Crippen molar-refractivity contribution in [2.45, 2.75) is 13.0 Å². The number of hydrogen-bond acceptors (Lipinski definition) is 3. The zero-order chi connectivity index (χ0) is 14.7. The van der Waals surface area contributed by atoms with Gasteiger partial charge in [0.2, 0.25) is 12.7 Å². The Hall–Kier alpha value is -2.20. The number of halogens is 1. The van der Waals surface area contributed by atoms with Crippen LogP contribution in [0.3, 0.4) is 0 Å². The van der Waals surface area contributed by atoms with Gasteiger partial charge in [0.15, 0.2) is 11.5 Å². The summed E-state index contributed by atoms with van der Waals surface area (Å²) >= 11 is 5.82. The van der Waals surface area contributed by atoms with Crippen molar-refractivity contribution in [3.05, 3.63) is 58.6 Å². The maximum Gasteiger partial charge on any atom is 0.231 e. The van der Waals surface area contributed by atoms with Crippen molar-refractivity contribution < 1.29 is 14.3 Å². The SMILES string of the molecule is O=C(Cc1cccc2c1OCO2)NCc1ccc(Cl)cc1. The number of rotatable bonds is 4. The molecule has 0 bridgehead atoms. The highest BCUT2D eigenvalue weighted by Gasteiger charge is 2.18. The first kappa shape index (κ1) is 13.8. The fraction of sp³-hybridized carbons (Fsp3) is 0.188. The fourth-order valence-corrected chi connectivity index (χ4v) is 2.29. The summed E-state index contributed by atoms with van der Waals surface area (Å²) in [5.41, 5.74) is 1.84. The van der Waals surface area contributed by atoms with Gasteiger partial charge in [0.1, 0.15) is 0 Å². The summed E-state index contributed by atoms with van der Waals surface area (Å²) in [5, 5.41) is 3.56. The molecule has 108 valence electrons. The van der Waals surface area contributed by atoms with E-state index in [2.05, 4.69) is 5.32 Å². The Balaban J connectivity index is 1.60. The highest BCUT2D eigenvalue weighted by atomic mass is 35.5. The van der Waals surface area contributed by atoms with Crippen LogP contribution >= 0.6 is 11.6 Å². The molecule has 21 heavy (non-hydrogen) atoms. The molecular weight excluding hydrogens is 290 g/mol. The quantitative estimate of drug-likeness (QED) is 0.944. The van der Waals surface area contributed by atoms with Crippen LogP contribution in [0.15, 0.2) is 42.5 Å². The fourth-order valence-electron chi connectivity index (χ4n) is 2.17. The van der Waals surface area contributed by atoms with E-state index in [0.717, 1.165) is 11.1 Å². The number of carbonyl (C=O) groups is 1. The van der Waals surface area contributed by atoms with Crippen LogP contribution in [0.4, 0.5) is 0 Å². The predicted octanol–water partition coefficient (Wildman–Crippen LogP) is 2.93. The molecule has 4 nitrogen and oxygen atoms in total. The third-order valence-corrected chi connectivity index (χ3v) is 3.48. The van der Waals surface area contributed by atoms with Crippen molar-refractivity contribution in [2.24, 2.45) is 0 Å². The average Bonchev–Trinajstić information content (AvgIpc) is 2.96.